The normalized spacial score (nSPS) is 28.3. The molecule has 4 aliphatic rings. The molecule has 220 valence electrons. The van der Waals surface area contributed by atoms with Gasteiger partial charge in [-0.3, -0.25) is 24.2 Å². The van der Waals surface area contributed by atoms with E-state index in [9.17, 15) is 39.6 Å². The smallest absolute Gasteiger partial charge is 0.338 e. The number of phenols is 1. The van der Waals surface area contributed by atoms with Crippen LogP contribution in [0.3, 0.4) is 0 Å². The SMILES string of the molecule is CN(C)[C@@H]1C(=O)C(C(N)=O)=C(O)[C@@]2(O)C(=O)C3=C(O)c4c(O)ccc(C(=O)OCCN5CCCCC5)c4C[C@H]3C[C@@H]12. The number of likely N-dealkylation sites (tertiary alicyclic amines) is 1. The van der Waals surface area contributed by atoms with Crippen LogP contribution in [0.5, 0.6) is 5.75 Å². The summed E-state index contributed by atoms with van der Waals surface area (Å²) in [6, 6.07) is 1.43. The molecule has 0 spiro atoms. The Morgan fingerprint density at radius 2 is 1.80 bits per heavy atom. The van der Waals surface area contributed by atoms with Gasteiger partial charge in [-0.15, -0.1) is 0 Å². The number of rotatable bonds is 6. The third kappa shape index (κ3) is 4.50. The van der Waals surface area contributed by atoms with Crippen molar-refractivity contribution in [1.82, 2.24) is 9.80 Å². The first-order valence-electron chi connectivity index (χ1n) is 13.8. The zero-order valence-corrected chi connectivity index (χ0v) is 23.1. The molecule has 1 amide bonds. The Kier molecular flexibility index (Phi) is 7.43. The number of phenolic OH excluding ortho intramolecular Hbond substituents is 1. The lowest BCUT2D eigenvalue weighted by Crippen LogP contribution is -2.65. The van der Waals surface area contributed by atoms with Crippen LogP contribution in [0.2, 0.25) is 0 Å². The van der Waals surface area contributed by atoms with Crippen LogP contribution in [0.25, 0.3) is 5.76 Å². The highest BCUT2D eigenvalue weighted by atomic mass is 16.5. The Bertz CT molecular complexity index is 1390. The summed E-state index contributed by atoms with van der Waals surface area (Å²) in [7, 11) is 3.06. The number of carbonyl (C=O) groups is 4. The van der Waals surface area contributed by atoms with E-state index in [1.54, 1.807) is 0 Å². The van der Waals surface area contributed by atoms with E-state index in [2.05, 4.69) is 4.90 Å². The Morgan fingerprint density at radius 1 is 1.12 bits per heavy atom. The van der Waals surface area contributed by atoms with E-state index >= 15 is 0 Å². The summed E-state index contributed by atoms with van der Waals surface area (Å²) >= 11 is 0. The molecular formula is C29H35N3O9. The molecule has 1 aromatic carbocycles. The number of hydrogen-bond acceptors (Lipinski definition) is 11. The first kappa shape index (κ1) is 28.8. The van der Waals surface area contributed by atoms with Crippen molar-refractivity contribution < 1.29 is 44.3 Å². The average molecular weight is 570 g/mol. The summed E-state index contributed by atoms with van der Waals surface area (Å²) in [4.78, 5) is 56.0. The Hall–Kier alpha value is -3.74. The Labute approximate surface area is 236 Å². The molecule has 0 radical (unpaired) electrons. The zero-order chi connectivity index (χ0) is 29.8. The minimum atomic E-state index is -2.72. The highest BCUT2D eigenvalue weighted by molar-refractivity contribution is 6.24. The van der Waals surface area contributed by atoms with Crippen molar-refractivity contribution >= 4 is 29.2 Å². The van der Waals surface area contributed by atoms with Gasteiger partial charge in [0.2, 0.25) is 5.78 Å². The molecule has 1 aliphatic heterocycles. The summed E-state index contributed by atoms with van der Waals surface area (Å²) in [5, 5.41) is 44.6. The van der Waals surface area contributed by atoms with Gasteiger partial charge in [-0.25, -0.2) is 4.79 Å². The highest BCUT2D eigenvalue weighted by Gasteiger charge is 2.64. The van der Waals surface area contributed by atoms with Crippen molar-refractivity contribution in [1.29, 1.82) is 0 Å². The second-order valence-electron chi connectivity index (χ2n) is 11.5. The quantitative estimate of drug-likeness (QED) is 0.238. The second kappa shape index (κ2) is 10.6. The molecule has 41 heavy (non-hydrogen) atoms. The standard InChI is InChI=1S/C29H35N3O9/c1-31(2)22-17-13-14-12-16-15(28(39)41-11-10-32-8-4-3-5-9-32)6-7-18(33)20(16)23(34)19(14)25(36)29(17,40)26(37)21(24(22)35)27(30)38/h6-7,14,17,22,33-34,37,40H,3-5,8-13H2,1-2H3,(H2,30,38)/t14-,17-,22-,29-/m0/s1. The van der Waals surface area contributed by atoms with Crippen LogP contribution < -0.4 is 5.73 Å². The maximum Gasteiger partial charge on any atom is 0.338 e. The number of carbonyl (C=O) groups excluding carboxylic acids is 4. The van der Waals surface area contributed by atoms with E-state index in [1.165, 1.54) is 37.5 Å². The molecule has 6 N–H and O–H groups in total. The van der Waals surface area contributed by atoms with Gasteiger partial charge in [-0.2, -0.15) is 0 Å². The largest absolute Gasteiger partial charge is 0.508 e. The van der Waals surface area contributed by atoms with Crippen LogP contribution in [0, 0.1) is 11.8 Å². The summed E-state index contributed by atoms with van der Waals surface area (Å²) < 4.78 is 5.54. The number of fused-ring (bicyclic) bond motifs is 3. The van der Waals surface area contributed by atoms with Gasteiger partial charge in [0.15, 0.2) is 11.4 Å². The van der Waals surface area contributed by atoms with Crippen LogP contribution in [0.4, 0.5) is 0 Å². The number of hydrogen-bond donors (Lipinski definition) is 5. The van der Waals surface area contributed by atoms with Crippen LogP contribution in [-0.4, -0.2) is 106 Å². The van der Waals surface area contributed by atoms with Gasteiger partial charge in [0.25, 0.3) is 5.91 Å². The van der Waals surface area contributed by atoms with Gasteiger partial charge in [0.1, 0.15) is 29.4 Å². The maximum atomic E-state index is 13.9. The van der Waals surface area contributed by atoms with Crippen molar-refractivity contribution in [3.63, 3.8) is 0 Å². The number of amides is 1. The summed E-state index contributed by atoms with van der Waals surface area (Å²) in [6.07, 6.45) is 3.33. The van der Waals surface area contributed by atoms with Crippen molar-refractivity contribution in [2.45, 2.75) is 43.7 Å². The topological polar surface area (TPSA) is 191 Å². The molecule has 1 saturated carbocycles. The molecule has 4 atom stereocenters. The number of likely N-dealkylation sites (N-methyl/N-ethyl adjacent to an activating group) is 1. The van der Waals surface area contributed by atoms with Gasteiger partial charge < -0.3 is 30.9 Å². The number of nitrogens with zero attached hydrogens (tertiary/aromatic N) is 2. The number of primary amides is 1. The number of benzene rings is 1. The number of aliphatic hydroxyl groups is 3. The number of piperidine rings is 1. The average Bonchev–Trinajstić information content (AvgIpc) is 2.91. The van der Waals surface area contributed by atoms with E-state index in [4.69, 9.17) is 10.5 Å². The predicted molar refractivity (Wildman–Crippen MR) is 145 cm³/mol. The summed E-state index contributed by atoms with van der Waals surface area (Å²) in [6.45, 7) is 2.64. The number of aromatic hydroxyl groups is 1. The number of Topliss-reactive ketones (excluding diaryl/α,β-unsaturated/α-hetero) is 2. The molecule has 12 nitrogen and oxygen atoms in total. The van der Waals surface area contributed by atoms with Crippen LogP contribution in [-0.2, 0) is 25.5 Å². The van der Waals surface area contributed by atoms with Crippen LogP contribution >= 0.6 is 0 Å². The van der Waals surface area contributed by atoms with Crippen molar-refractivity contribution in [2.75, 3.05) is 40.3 Å². The fourth-order valence-corrected chi connectivity index (χ4v) is 6.96. The summed E-state index contributed by atoms with van der Waals surface area (Å²) in [5.41, 5.74) is 1.73. The van der Waals surface area contributed by atoms with E-state index < -0.39 is 69.8 Å². The molecule has 5 rings (SSSR count). The molecule has 0 bridgehead atoms. The van der Waals surface area contributed by atoms with Crippen molar-refractivity contribution in [3.8, 4) is 5.75 Å². The van der Waals surface area contributed by atoms with Crippen molar-refractivity contribution in [3.05, 3.63) is 45.7 Å². The van der Waals surface area contributed by atoms with Crippen LogP contribution in [0.15, 0.2) is 29.0 Å². The third-order valence-electron chi connectivity index (χ3n) is 8.91. The number of aliphatic hydroxyl groups excluding tert-OH is 2. The predicted octanol–water partition coefficient (Wildman–Crippen LogP) is 0.607. The molecule has 1 heterocycles. The molecule has 0 aromatic heterocycles. The number of ketones is 2. The van der Waals surface area contributed by atoms with Gasteiger partial charge in [-0.1, -0.05) is 6.42 Å². The van der Waals surface area contributed by atoms with E-state index in [1.807, 2.05) is 0 Å². The third-order valence-corrected chi connectivity index (χ3v) is 8.91. The lowest BCUT2D eigenvalue weighted by molar-refractivity contribution is -0.153. The molecule has 3 aliphatic carbocycles. The Balaban J connectivity index is 1.53. The van der Waals surface area contributed by atoms with E-state index in [0.29, 0.717) is 6.54 Å². The number of ether oxygens (including phenoxy) is 1. The minimum absolute atomic E-state index is 0.0134. The minimum Gasteiger partial charge on any atom is -0.508 e. The molecular weight excluding hydrogens is 534 g/mol. The first-order chi connectivity index (χ1) is 19.4. The van der Waals surface area contributed by atoms with Crippen LogP contribution in [0.1, 0.15) is 47.2 Å². The number of nitrogens with two attached hydrogens (primary N) is 1. The lowest BCUT2D eigenvalue weighted by atomic mass is 9.57. The van der Waals surface area contributed by atoms with Gasteiger partial charge in [-0.05, 0) is 76.5 Å². The van der Waals surface area contributed by atoms with E-state index in [-0.39, 0.29) is 41.7 Å². The molecule has 0 unspecified atom stereocenters. The Morgan fingerprint density at radius 3 is 2.44 bits per heavy atom. The molecule has 1 aromatic rings. The lowest BCUT2D eigenvalue weighted by Gasteiger charge is -2.50. The molecule has 2 fully saturated rings. The van der Waals surface area contributed by atoms with Crippen molar-refractivity contribution in [2.24, 2.45) is 17.6 Å². The highest BCUT2D eigenvalue weighted by Crippen LogP contribution is 2.53. The summed E-state index contributed by atoms with van der Waals surface area (Å²) in [5.74, 6) is -8.03. The maximum absolute atomic E-state index is 13.9. The van der Waals surface area contributed by atoms with Gasteiger partial charge in [0, 0.05) is 18.0 Å². The fraction of sp³-hybridized carbons (Fsp3) is 0.517. The van der Waals surface area contributed by atoms with E-state index in [0.717, 1.165) is 25.9 Å². The molecule has 1 saturated heterocycles. The number of esters is 1. The molecule has 12 heteroatoms. The first-order valence-corrected chi connectivity index (χ1v) is 13.8. The zero-order valence-electron chi connectivity index (χ0n) is 23.1. The fourth-order valence-electron chi connectivity index (χ4n) is 6.96. The monoisotopic (exact) mass is 569 g/mol. The second-order valence-corrected chi connectivity index (χ2v) is 11.5. The van der Waals surface area contributed by atoms with Gasteiger partial charge in [0.05, 0.1) is 17.2 Å². The van der Waals surface area contributed by atoms with Gasteiger partial charge >= 0.3 is 5.97 Å².